The van der Waals surface area contributed by atoms with Crippen LogP contribution in [0.3, 0.4) is 0 Å². The van der Waals surface area contributed by atoms with E-state index in [1.165, 1.54) is 70.2 Å². The highest BCUT2D eigenvalue weighted by Crippen LogP contribution is 2.31. The third kappa shape index (κ3) is 2.31. The van der Waals surface area contributed by atoms with Gasteiger partial charge in [-0.1, -0.05) is 25.8 Å². The standard InChI is InChI=1S/C13H23N/c1-12(13-8-4-2-5-9-13)14-10-6-3-7-11-14/h13H,1-11H2. The molecule has 1 heteroatoms. The van der Waals surface area contributed by atoms with Gasteiger partial charge in [-0.05, 0) is 38.0 Å². The van der Waals surface area contributed by atoms with Crippen LogP contribution in [0.25, 0.3) is 0 Å². The van der Waals surface area contributed by atoms with Crippen molar-refractivity contribution in [3.8, 4) is 0 Å². The molecule has 1 nitrogen and oxygen atoms in total. The molecule has 0 aromatic rings. The van der Waals surface area contributed by atoms with E-state index in [4.69, 9.17) is 0 Å². The van der Waals surface area contributed by atoms with Gasteiger partial charge >= 0.3 is 0 Å². The number of hydrogen-bond acceptors (Lipinski definition) is 1. The fourth-order valence-electron chi connectivity index (χ4n) is 2.88. The van der Waals surface area contributed by atoms with Crippen molar-refractivity contribution in [3.63, 3.8) is 0 Å². The first kappa shape index (κ1) is 10.1. The first-order valence-corrected chi connectivity index (χ1v) is 6.31. The van der Waals surface area contributed by atoms with Crippen LogP contribution in [0.1, 0.15) is 51.4 Å². The summed E-state index contributed by atoms with van der Waals surface area (Å²) in [6.07, 6.45) is 11.3. The second kappa shape index (κ2) is 4.86. The van der Waals surface area contributed by atoms with Crippen LogP contribution < -0.4 is 0 Å². The topological polar surface area (TPSA) is 3.24 Å². The maximum Gasteiger partial charge on any atom is 0.0174 e. The molecular weight excluding hydrogens is 170 g/mol. The van der Waals surface area contributed by atoms with Gasteiger partial charge < -0.3 is 4.90 Å². The normalized spacial score (nSPS) is 25.0. The van der Waals surface area contributed by atoms with Crippen molar-refractivity contribution in [2.45, 2.75) is 51.4 Å². The van der Waals surface area contributed by atoms with Crippen LogP contribution in [0.5, 0.6) is 0 Å². The molecule has 1 heterocycles. The molecular formula is C13H23N. The van der Waals surface area contributed by atoms with E-state index in [9.17, 15) is 0 Å². The highest BCUT2D eigenvalue weighted by Gasteiger charge is 2.21. The minimum absolute atomic E-state index is 0.821. The molecule has 0 spiro atoms. The van der Waals surface area contributed by atoms with E-state index in [0.717, 1.165) is 5.92 Å². The lowest BCUT2D eigenvalue weighted by Crippen LogP contribution is -2.32. The Labute approximate surface area is 88.2 Å². The number of rotatable bonds is 2. The molecule has 1 aliphatic heterocycles. The smallest absolute Gasteiger partial charge is 0.0174 e. The molecule has 0 amide bonds. The maximum atomic E-state index is 4.33. The molecule has 0 aromatic carbocycles. The quantitative estimate of drug-likeness (QED) is 0.648. The number of hydrogen-bond donors (Lipinski definition) is 0. The van der Waals surface area contributed by atoms with Gasteiger partial charge in [0.2, 0.25) is 0 Å². The fourth-order valence-corrected chi connectivity index (χ4v) is 2.88. The largest absolute Gasteiger partial charge is 0.375 e. The van der Waals surface area contributed by atoms with Gasteiger partial charge in [0.15, 0.2) is 0 Å². The van der Waals surface area contributed by atoms with Crippen LogP contribution in [0.2, 0.25) is 0 Å². The van der Waals surface area contributed by atoms with Crippen LogP contribution in [0.15, 0.2) is 12.3 Å². The minimum atomic E-state index is 0.821. The highest BCUT2D eigenvalue weighted by molar-refractivity contribution is 5.01. The van der Waals surface area contributed by atoms with E-state index < -0.39 is 0 Å². The Balaban J connectivity index is 1.85. The van der Waals surface area contributed by atoms with Crippen LogP contribution >= 0.6 is 0 Å². The fraction of sp³-hybridized carbons (Fsp3) is 0.846. The lowest BCUT2D eigenvalue weighted by molar-refractivity contribution is 0.235. The van der Waals surface area contributed by atoms with E-state index in [-0.39, 0.29) is 0 Å². The summed E-state index contributed by atoms with van der Waals surface area (Å²) in [6, 6.07) is 0. The third-order valence-electron chi connectivity index (χ3n) is 3.84. The molecule has 1 saturated carbocycles. The average Bonchev–Trinajstić information content (AvgIpc) is 2.30. The van der Waals surface area contributed by atoms with E-state index in [1.54, 1.807) is 0 Å². The zero-order valence-electron chi connectivity index (χ0n) is 9.30. The molecule has 14 heavy (non-hydrogen) atoms. The predicted octanol–water partition coefficient (Wildman–Crippen LogP) is 3.57. The Bertz CT molecular complexity index is 165. The summed E-state index contributed by atoms with van der Waals surface area (Å²) in [5.41, 5.74) is 1.46. The maximum absolute atomic E-state index is 4.33. The van der Waals surface area contributed by atoms with E-state index in [1.807, 2.05) is 0 Å². The van der Waals surface area contributed by atoms with Crippen molar-refractivity contribution in [2.75, 3.05) is 13.1 Å². The zero-order chi connectivity index (χ0) is 9.80. The molecule has 2 rings (SSSR count). The lowest BCUT2D eigenvalue weighted by atomic mass is 9.86. The second-order valence-electron chi connectivity index (χ2n) is 4.87. The van der Waals surface area contributed by atoms with Gasteiger partial charge in [-0.3, -0.25) is 0 Å². The molecule has 0 N–H and O–H groups in total. The van der Waals surface area contributed by atoms with Gasteiger partial charge in [0, 0.05) is 18.8 Å². The number of likely N-dealkylation sites (tertiary alicyclic amines) is 1. The molecule has 0 atom stereocenters. The van der Waals surface area contributed by atoms with Crippen molar-refractivity contribution in [1.29, 1.82) is 0 Å². The molecule has 80 valence electrons. The van der Waals surface area contributed by atoms with E-state index in [0.29, 0.717) is 0 Å². The molecule has 1 saturated heterocycles. The number of nitrogens with zero attached hydrogens (tertiary/aromatic N) is 1. The Morgan fingerprint density at radius 1 is 0.857 bits per heavy atom. The monoisotopic (exact) mass is 193 g/mol. The first-order valence-electron chi connectivity index (χ1n) is 6.31. The molecule has 0 bridgehead atoms. The summed E-state index contributed by atoms with van der Waals surface area (Å²) in [6.45, 7) is 6.87. The highest BCUT2D eigenvalue weighted by atomic mass is 15.1. The van der Waals surface area contributed by atoms with Gasteiger partial charge in [-0.25, -0.2) is 0 Å². The van der Waals surface area contributed by atoms with Crippen molar-refractivity contribution in [1.82, 2.24) is 4.90 Å². The van der Waals surface area contributed by atoms with Gasteiger partial charge in [0.25, 0.3) is 0 Å². The van der Waals surface area contributed by atoms with Crippen LogP contribution in [-0.4, -0.2) is 18.0 Å². The van der Waals surface area contributed by atoms with Gasteiger partial charge in [-0.15, -0.1) is 0 Å². The van der Waals surface area contributed by atoms with Gasteiger partial charge in [-0.2, -0.15) is 0 Å². The molecule has 2 fully saturated rings. The van der Waals surface area contributed by atoms with Crippen molar-refractivity contribution < 1.29 is 0 Å². The average molecular weight is 193 g/mol. The molecule has 0 unspecified atom stereocenters. The summed E-state index contributed by atoms with van der Waals surface area (Å²) < 4.78 is 0. The van der Waals surface area contributed by atoms with Crippen LogP contribution in [0.4, 0.5) is 0 Å². The van der Waals surface area contributed by atoms with E-state index >= 15 is 0 Å². The van der Waals surface area contributed by atoms with Gasteiger partial charge in [0.1, 0.15) is 0 Å². The summed E-state index contributed by atoms with van der Waals surface area (Å²) in [5.74, 6) is 0.821. The minimum Gasteiger partial charge on any atom is -0.375 e. The summed E-state index contributed by atoms with van der Waals surface area (Å²) in [5, 5.41) is 0. The van der Waals surface area contributed by atoms with Crippen LogP contribution in [-0.2, 0) is 0 Å². The van der Waals surface area contributed by atoms with Crippen molar-refractivity contribution in [2.24, 2.45) is 5.92 Å². The molecule has 0 aromatic heterocycles. The van der Waals surface area contributed by atoms with Gasteiger partial charge in [0.05, 0.1) is 0 Å². The summed E-state index contributed by atoms with van der Waals surface area (Å²) in [7, 11) is 0. The number of piperidine rings is 1. The second-order valence-corrected chi connectivity index (χ2v) is 4.87. The van der Waals surface area contributed by atoms with Crippen molar-refractivity contribution in [3.05, 3.63) is 12.3 Å². The van der Waals surface area contributed by atoms with Crippen molar-refractivity contribution >= 4 is 0 Å². The zero-order valence-corrected chi connectivity index (χ0v) is 9.30. The Morgan fingerprint density at radius 3 is 2.07 bits per heavy atom. The number of allylic oxidation sites excluding steroid dienone is 1. The Hall–Kier alpha value is -0.460. The molecule has 1 aliphatic carbocycles. The van der Waals surface area contributed by atoms with E-state index in [2.05, 4.69) is 11.5 Å². The third-order valence-corrected chi connectivity index (χ3v) is 3.84. The Morgan fingerprint density at radius 2 is 1.43 bits per heavy atom. The molecule has 0 radical (unpaired) electrons. The van der Waals surface area contributed by atoms with Crippen LogP contribution in [0, 0.1) is 5.92 Å². The lowest BCUT2D eigenvalue weighted by Gasteiger charge is -2.36. The summed E-state index contributed by atoms with van der Waals surface area (Å²) >= 11 is 0. The summed E-state index contributed by atoms with van der Waals surface area (Å²) in [4.78, 5) is 2.56. The molecule has 2 aliphatic rings. The first-order chi connectivity index (χ1) is 6.88. The Kier molecular flexibility index (Phi) is 3.49. The SMILES string of the molecule is C=C(C1CCCCC1)N1CCCCC1. The predicted molar refractivity (Wildman–Crippen MR) is 61.1 cm³/mol.